The first-order valence-electron chi connectivity index (χ1n) is 10.6. The number of nitrogens with zero attached hydrogens (tertiary/aromatic N) is 1. The maximum atomic E-state index is 13.5. The Labute approximate surface area is 214 Å². The highest BCUT2D eigenvalue weighted by atomic mass is 35.5. The molecule has 10 heteroatoms. The number of anilines is 2. The number of hydrogen-bond acceptors (Lipinski definition) is 5. The standard InChI is InChI=1S/C25H24Cl2N2O5S/c1-4-34-25(31)18-7-10-23(17(3)11-18)28-24(30)15-29(21-13-19(26)12-20(27)14-21)35(32,33)22-8-5-16(2)6-9-22/h5-14H,4,15H2,1-3H3,(H,28,30). The van der Waals surface area contributed by atoms with Crippen molar-refractivity contribution in [2.45, 2.75) is 25.7 Å². The Balaban J connectivity index is 1.92. The van der Waals surface area contributed by atoms with Gasteiger partial charge in [0.25, 0.3) is 10.0 Å². The van der Waals surface area contributed by atoms with Crippen LogP contribution in [0.3, 0.4) is 0 Å². The maximum Gasteiger partial charge on any atom is 0.338 e. The van der Waals surface area contributed by atoms with Crippen LogP contribution in [0.25, 0.3) is 0 Å². The first kappa shape index (κ1) is 26.5. The average Bonchev–Trinajstić information content (AvgIpc) is 2.78. The van der Waals surface area contributed by atoms with Crippen LogP contribution in [0, 0.1) is 13.8 Å². The van der Waals surface area contributed by atoms with Crippen molar-refractivity contribution in [1.82, 2.24) is 0 Å². The van der Waals surface area contributed by atoms with Gasteiger partial charge in [0, 0.05) is 15.7 Å². The number of aryl methyl sites for hydroxylation is 2. The first-order valence-corrected chi connectivity index (χ1v) is 12.8. The molecule has 1 N–H and O–H groups in total. The Kier molecular flexibility index (Phi) is 8.43. The molecule has 3 rings (SSSR count). The number of rotatable bonds is 8. The summed E-state index contributed by atoms with van der Waals surface area (Å²) >= 11 is 12.2. The Morgan fingerprint density at radius 3 is 2.14 bits per heavy atom. The predicted octanol–water partition coefficient (Wildman–Crippen LogP) is 5.62. The molecular formula is C25H24Cl2N2O5S. The summed E-state index contributed by atoms with van der Waals surface area (Å²) in [6, 6.07) is 15.3. The summed E-state index contributed by atoms with van der Waals surface area (Å²) in [4.78, 5) is 25.0. The molecule has 0 aliphatic carbocycles. The Hall–Kier alpha value is -3.07. The summed E-state index contributed by atoms with van der Waals surface area (Å²) in [6.07, 6.45) is 0. The van der Waals surface area contributed by atoms with Crippen LogP contribution in [0.1, 0.15) is 28.4 Å². The van der Waals surface area contributed by atoms with Gasteiger partial charge in [-0.25, -0.2) is 13.2 Å². The van der Waals surface area contributed by atoms with Gasteiger partial charge in [-0.2, -0.15) is 0 Å². The number of benzene rings is 3. The molecule has 0 saturated heterocycles. The van der Waals surface area contributed by atoms with Crippen LogP contribution in [0.5, 0.6) is 0 Å². The van der Waals surface area contributed by atoms with E-state index in [1.165, 1.54) is 36.4 Å². The van der Waals surface area contributed by atoms with E-state index in [-0.39, 0.29) is 27.2 Å². The van der Waals surface area contributed by atoms with Crippen LogP contribution in [0.4, 0.5) is 11.4 Å². The topological polar surface area (TPSA) is 92.8 Å². The SMILES string of the molecule is CCOC(=O)c1ccc(NC(=O)CN(c2cc(Cl)cc(Cl)c2)S(=O)(=O)c2ccc(C)cc2)c(C)c1. The van der Waals surface area contributed by atoms with Crippen molar-refractivity contribution in [2.75, 3.05) is 22.8 Å². The summed E-state index contributed by atoms with van der Waals surface area (Å²) in [7, 11) is -4.13. The van der Waals surface area contributed by atoms with E-state index >= 15 is 0 Å². The Morgan fingerprint density at radius 2 is 1.57 bits per heavy atom. The second-order valence-electron chi connectivity index (χ2n) is 7.75. The quantitative estimate of drug-likeness (QED) is 0.378. The minimum Gasteiger partial charge on any atom is -0.462 e. The lowest BCUT2D eigenvalue weighted by Gasteiger charge is -2.25. The van der Waals surface area contributed by atoms with Crippen LogP contribution >= 0.6 is 23.2 Å². The number of ether oxygens (including phenoxy) is 1. The number of carbonyl (C=O) groups excluding carboxylic acids is 2. The number of nitrogens with one attached hydrogen (secondary N) is 1. The lowest BCUT2D eigenvalue weighted by Crippen LogP contribution is -2.38. The van der Waals surface area contributed by atoms with E-state index in [1.807, 2.05) is 6.92 Å². The van der Waals surface area contributed by atoms with Crippen molar-refractivity contribution >= 4 is 56.5 Å². The van der Waals surface area contributed by atoms with Gasteiger partial charge < -0.3 is 10.1 Å². The third-order valence-corrected chi connectivity index (χ3v) is 7.27. The number of halogens is 2. The Bertz CT molecular complexity index is 1340. The first-order chi connectivity index (χ1) is 16.5. The fraction of sp³-hybridized carbons (Fsp3) is 0.200. The van der Waals surface area contributed by atoms with Crippen LogP contribution in [-0.2, 0) is 19.6 Å². The summed E-state index contributed by atoms with van der Waals surface area (Å²) in [5, 5.41) is 3.16. The molecule has 3 aromatic carbocycles. The molecule has 0 fully saturated rings. The van der Waals surface area contributed by atoms with E-state index in [4.69, 9.17) is 27.9 Å². The molecule has 184 valence electrons. The minimum atomic E-state index is -4.13. The van der Waals surface area contributed by atoms with E-state index in [9.17, 15) is 18.0 Å². The van der Waals surface area contributed by atoms with Crippen LogP contribution in [-0.4, -0.2) is 33.4 Å². The highest BCUT2D eigenvalue weighted by Gasteiger charge is 2.28. The van der Waals surface area contributed by atoms with Gasteiger partial charge in [0.1, 0.15) is 6.54 Å². The normalized spacial score (nSPS) is 11.1. The highest BCUT2D eigenvalue weighted by Crippen LogP contribution is 2.30. The molecule has 0 aliphatic heterocycles. The maximum absolute atomic E-state index is 13.5. The van der Waals surface area contributed by atoms with Crippen LogP contribution in [0.15, 0.2) is 65.6 Å². The van der Waals surface area contributed by atoms with Crippen molar-refractivity contribution in [1.29, 1.82) is 0 Å². The van der Waals surface area contributed by atoms with Crippen LogP contribution < -0.4 is 9.62 Å². The van der Waals surface area contributed by atoms with Gasteiger partial charge in [0.05, 0.1) is 22.8 Å². The zero-order valence-electron chi connectivity index (χ0n) is 19.3. The lowest BCUT2D eigenvalue weighted by atomic mass is 10.1. The third-order valence-electron chi connectivity index (χ3n) is 5.04. The second-order valence-corrected chi connectivity index (χ2v) is 10.5. The number of esters is 1. The number of sulfonamides is 1. The molecule has 1 amide bonds. The molecule has 0 aromatic heterocycles. The fourth-order valence-corrected chi connectivity index (χ4v) is 5.22. The third kappa shape index (κ3) is 6.54. The molecule has 35 heavy (non-hydrogen) atoms. The molecule has 0 spiro atoms. The molecule has 7 nitrogen and oxygen atoms in total. The van der Waals surface area contributed by atoms with E-state index in [0.717, 1.165) is 9.87 Å². The van der Waals surface area contributed by atoms with Crippen molar-refractivity contribution < 1.29 is 22.7 Å². The summed E-state index contributed by atoms with van der Waals surface area (Å²) < 4.78 is 33.0. The van der Waals surface area contributed by atoms with E-state index < -0.39 is 28.4 Å². The van der Waals surface area contributed by atoms with Crippen molar-refractivity contribution in [3.63, 3.8) is 0 Å². The number of carbonyl (C=O) groups is 2. The summed E-state index contributed by atoms with van der Waals surface area (Å²) in [6.45, 7) is 4.98. The molecule has 0 saturated carbocycles. The summed E-state index contributed by atoms with van der Waals surface area (Å²) in [5.74, 6) is -1.06. The fourth-order valence-electron chi connectivity index (χ4n) is 3.30. The molecule has 0 atom stereocenters. The van der Waals surface area contributed by atoms with Gasteiger partial charge in [0.2, 0.25) is 5.91 Å². The van der Waals surface area contributed by atoms with Crippen LogP contribution in [0.2, 0.25) is 10.0 Å². The monoisotopic (exact) mass is 534 g/mol. The average molecular weight is 535 g/mol. The van der Waals surface area contributed by atoms with Gasteiger partial charge >= 0.3 is 5.97 Å². The van der Waals surface area contributed by atoms with Gasteiger partial charge in [-0.15, -0.1) is 0 Å². The molecule has 3 aromatic rings. The molecule has 0 unspecified atom stereocenters. The molecule has 0 radical (unpaired) electrons. The smallest absolute Gasteiger partial charge is 0.338 e. The zero-order valence-corrected chi connectivity index (χ0v) is 21.7. The predicted molar refractivity (Wildman–Crippen MR) is 138 cm³/mol. The summed E-state index contributed by atoms with van der Waals surface area (Å²) in [5.41, 5.74) is 2.43. The van der Waals surface area contributed by atoms with Gasteiger partial charge in [0.15, 0.2) is 0 Å². The number of amides is 1. The van der Waals surface area contributed by atoms with E-state index in [0.29, 0.717) is 16.8 Å². The Morgan fingerprint density at radius 1 is 0.943 bits per heavy atom. The van der Waals surface area contributed by atoms with Gasteiger partial charge in [-0.1, -0.05) is 40.9 Å². The minimum absolute atomic E-state index is 0.0157. The van der Waals surface area contributed by atoms with Gasteiger partial charge in [-0.3, -0.25) is 9.10 Å². The van der Waals surface area contributed by atoms with Crippen molar-refractivity contribution in [2.24, 2.45) is 0 Å². The zero-order chi connectivity index (χ0) is 25.8. The van der Waals surface area contributed by atoms with E-state index in [1.54, 1.807) is 38.1 Å². The molecular weight excluding hydrogens is 511 g/mol. The highest BCUT2D eigenvalue weighted by molar-refractivity contribution is 7.92. The molecule has 0 heterocycles. The lowest BCUT2D eigenvalue weighted by molar-refractivity contribution is -0.114. The van der Waals surface area contributed by atoms with Crippen molar-refractivity contribution in [3.05, 3.63) is 87.4 Å². The molecule has 0 bridgehead atoms. The number of hydrogen-bond donors (Lipinski definition) is 1. The van der Waals surface area contributed by atoms with Gasteiger partial charge in [-0.05, 0) is 74.9 Å². The largest absolute Gasteiger partial charge is 0.462 e. The van der Waals surface area contributed by atoms with E-state index in [2.05, 4.69) is 5.32 Å². The second kappa shape index (κ2) is 11.1. The molecule has 0 aliphatic rings. The van der Waals surface area contributed by atoms with Crippen molar-refractivity contribution in [3.8, 4) is 0 Å².